The van der Waals surface area contributed by atoms with E-state index in [0.29, 0.717) is 21.6 Å². The third-order valence-corrected chi connectivity index (χ3v) is 6.30. The molecule has 6 heteroatoms. The fraction of sp³-hybridized carbons (Fsp3) is 0.320. The Bertz CT molecular complexity index is 1040. The van der Waals surface area contributed by atoms with Gasteiger partial charge in [-0.25, -0.2) is 4.98 Å². The zero-order valence-corrected chi connectivity index (χ0v) is 19.6. The molecule has 1 aromatic heterocycles. The topological polar surface area (TPSA) is 59.1 Å². The highest BCUT2D eigenvalue weighted by Gasteiger charge is 2.16. The number of hydrogen-bond donors (Lipinski definition) is 1. The number of aromatic nitrogens is 1. The minimum Gasteiger partial charge on any atom is -0.302 e. The van der Waals surface area contributed by atoms with Crippen LogP contribution in [0.4, 0.5) is 5.13 Å². The first kappa shape index (κ1) is 23.2. The number of rotatable bonds is 9. The highest BCUT2D eigenvalue weighted by atomic mass is 35.5. The zero-order chi connectivity index (χ0) is 22.4. The molecule has 1 heterocycles. The van der Waals surface area contributed by atoms with E-state index in [1.165, 1.54) is 16.9 Å². The first-order chi connectivity index (χ1) is 14.9. The Hall–Kier alpha value is -2.50. The van der Waals surface area contributed by atoms with Gasteiger partial charge in [0.15, 0.2) is 10.9 Å². The van der Waals surface area contributed by atoms with Gasteiger partial charge in [0.05, 0.1) is 5.69 Å². The molecule has 0 fully saturated rings. The van der Waals surface area contributed by atoms with E-state index in [1.54, 1.807) is 0 Å². The lowest BCUT2D eigenvalue weighted by molar-refractivity contribution is -0.116. The average molecular weight is 455 g/mol. The number of anilines is 1. The molecule has 0 bridgehead atoms. The van der Waals surface area contributed by atoms with Gasteiger partial charge < -0.3 is 5.32 Å². The van der Waals surface area contributed by atoms with Crippen LogP contribution in [0.15, 0.2) is 48.5 Å². The van der Waals surface area contributed by atoms with E-state index in [-0.39, 0.29) is 24.5 Å². The van der Waals surface area contributed by atoms with Crippen LogP contribution in [0, 0.1) is 0 Å². The van der Waals surface area contributed by atoms with E-state index in [9.17, 15) is 9.59 Å². The number of thiazole rings is 1. The van der Waals surface area contributed by atoms with Crippen molar-refractivity contribution in [3.63, 3.8) is 0 Å². The molecule has 0 aliphatic carbocycles. The monoisotopic (exact) mass is 454 g/mol. The van der Waals surface area contributed by atoms with Gasteiger partial charge in [0, 0.05) is 33.9 Å². The Morgan fingerprint density at radius 2 is 1.71 bits per heavy atom. The minimum absolute atomic E-state index is 0.0295. The summed E-state index contributed by atoms with van der Waals surface area (Å²) in [6, 6.07) is 15.2. The van der Waals surface area contributed by atoms with Gasteiger partial charge in [0.25, 0.3) is 0 Å². The Morgan fingerprint density at radius 3 is 2.32 bits per heavy atom. The second kappa shape index (κ2) is 10.7. The van der Waals surface area contributed by atoms with Crippen molar-refractivity contribution in [2.24, 2.45) is 0 Å². The highest BCUT2D eigenvalue weighted by Crippen LogP contribution is 2.33. The van der Waals surface area contributed by atoms with Crippen molar-refractivity contribution >= 4 is 39.8 Å². The molecule has 2 aromatic carbocycles. The third-order valence-electron chi connectivity index (χ3n) is 5.02. The molecule has 0 aliphatic heterocycles. The summed E-state index contributed by atoms with van der Waals surface area (Å²) in [5.41, 5.74) is 3.68. The van der Waals surface area contributed by atoms with Gasteiger partial charge >= 0.3 is 0 Å². The number of ketones is 1. The van der Waals surface area contributed by atoms with Gasteiger partial charge in [0.2, 0.25) is 5.91 Å². The van der Waals surface area contributed by atoms with Crippen molar-refractivity contribution in [1.82, 2.24) is 4.98 Å². The summed E-state index contributed by atoms with van der Waals surface area (Å²) in [5, 5.41) is 4.10. The summed E-state index contributed by atoms with van der Waals surface area (Å²) in [7, 11) is 0. The average Bonchev–Trinajstić information content (AvgIpc) is 3.15. The smallest absolute Gasteiger partial charge is 0.226 e. The van der Waals surface area contributed by atoms with Crippen LogP contribution in [0.5, 0.6) is 0 Å². The number of nitrogens with zero attached hydrogens (tertiary/aromatic N) is 1. The first-order valence-corrected chi connectivity index (χ1v) is 11.8. The van der Waals surface area contributed by atoms with Crippen LogP contribution in [0.2, 0.25) is 5.02 Å². The van der Waals surface area contributed by atoms with Gasteiger partial charge in [-0.2, -0.15) is 0 Å². The highest BCUT2D eigenvalue weighted by molar-refractivity contribution is 7.16. The summed E-state index contributed by atoms with van der Waals surface area (Å²) in [4.78, 5) is 30.6. The molecule has 0 saturated carbocycles. The lowest BCUT2D eigenvalue weighted by atomic mass is 9.99. The van der Waals surface area contributed by atoms with E-state index in [2.05, 4.69) is 31.1 Å². The lowest BCUT2D eigenvalue weighted by Crippen LogP contribution is -2.13. The third kappa shape index (κ3) is 6.25. The molecule has 0 unspecified atom stereocenters. The lowest BCUT2D eigenvalue weighted by Gasteiger charge is -2.06. The van der Waals surface area contributed by atoms with Gasteiger partial charge in [-0.3, -0.25) is 9.59 Å². The van der Waals surface area contributed by atoms with Crippen LogP contribution in [0.1, 0.15) is 66.8 Å². The van der Waals surface area contributed by atoms with Crippen molar-refractivity contribution < 1.29 is 9.59 Å². The van der Waals surface area contributed by atoms with E-state index >= 15 is 0 Å². The molecule has 162 valence electrons. The number of nitrogens with one attached hydrogen (secondary N) is 1. The van der Waals surface area contributed by atoms with Crippen molar-refractivity contribution in [1.29, 1.82) is 0 Å². The van der Waals surface area contributed by atoms with Gasteiger partial charge in [-0.05, 0) is 30.0 Å². The maximum absolute atomic E-state index is 12.4. The molecular weight excluding hydrogens is 428 g/mol. The Labute approximate surface area is 192 Å². The number of hydrogen-bond acceptors (Lipinski definition) is 4. The summed E-state index contributed by atoms with van der Waals surface area (Å²) in [6.45, 7) is 6.34. The van der Waals surface area contributed by atoms with Crippen molar-refractivity contribution in [2.45, 2.75) is 52.4 Å². The normalized spacial score (nSPS) is 11.0. The van der Waals surface area contributed by atoms with Gasteiger partial charge in [0.1, 0.15) is 0 Å². The molecule has 1 N–H and O–H groups in total. The van der Waals surface area contributed by atoms with E-state index in [1.807, 2.05) is 48.5 Å². The van der Waals surface area contributed by atoms with Crippen LogP contribution in [0.3, 0.4) is 0 Å². The maximum Gasteiger partial charge on any atom is 0.226 e. The van der Waals surface area contributed by atoms with Crippen molar-refractivity contribution in [3.8, 4) is 11.3 Å². The van der Waals surface area contributed by atoms with Crippen molar-refractivity contribution in [3.05, 3.63) is 69.6 Å². The van der Waals surface area contributed by atoms with Gasteiger partial charge in [-0.15, -0.1) is 11.3 Å². The van der Waals surface area contributed by atoms with E-state index < -0.39 is 0 Å². The number of amides is 1. The summed E-state index contributed by atoms with van der Waals surface area (Å²) >= 11 is 7.48. The number of halogens is 1. The maximum atomic E-state index is 12.4. The van der Waals surface area contributed by atoms with Crippen LogP contribution < -0.4 is 5.32 Å². The van der Waals surface area contributed by atoms with E-state index in [0.717, 1.165) is 29.0 Å². The van der Waals surface area contributed by atoms with Crippen LogP contribution in [-0.2, 0) is 11.2 Å². The van der Waals surface area contributed by atoms with Crippen molar-refractivity contribution in [2.75, 3.05) is 5.32 Å². The molecule has 3 aromatic rings. The van der Waals surface area contributed by atoms with E-state index in [4.69, 9.17) is 11.6 Å². The molecule has 31 heavy (non-hydrogen) atoms. The molecule has 0 atom stereocenters. The van der Waals surface area contributed by atoms with Crippen LogP contribution >= 0.6 is 22.9 Å². The summed E-state index contributed by atoms with van der Waals surface area (Å²) in [5.74, 6) is 0.188. The summed E-state index contributed by atoms with van der Waals surface area (Å²) < 4.78 is 0. The predicted octanol–water partition coefficient (Wildman–Crippen LogP) is 7.14. The second-order valence-corrected chi connectivity index (χ2v) is 9.32. The molecule has 3 rings (SSSR count). The Morgan fingerprint density at radius 1 is 1.03 bits per heavy atom. The molecule has 0 aliphatic rings. The number of carbonyl (C=O) groups is 2. The molecule has 0 saturated heterocycles. The number of carbonyl (C=O) groups excluding carboxylic acids is 2. The predicted molar refractivity (Wildman–Crippen MR) is 129 cm³/mol. The standard InChI is InChI=1S/C25H27ClN2O2S/c1-4-5-22-24(19-10-12-20(26)13-11-19)28-25(31-22)27-23(30)15-14-21(29)18-8-6-17(7-9-18)16(2)3/h6-13,16H,4-5,14-15H2,1-3H3,(H,27,28,30). The zero-order valence-electron chi connectivity index (χ0n) is 18.1. The molecule has 0 spiro atoms. The second-order valence-electron chi connectivity index (χ2n) is 7.80. The summed E-state index contributed by atoms with van der Waals surface area (Å²) in [6.07, 6.45) is 2.17. The van der Waals surface area contributed by atoms with Crippen LogP contribution in [-0.4, -0.2) is 16.7 Å². The Kier molecular flexibility index (Phi) is 7.99. The Balaban J connectivity index is 1.62. The number of Topliss-reactive ketones (excluding diaryl/α,β-unsaturated/α-hetero) is 1. The first-order valence-electron chi connectivity index (χ1n) is 10.6. The SMILES string of the molecule is CCCc1sc(NC(=O)CCC(=O)c2ccc(C(C)C)cc2)nc1-c1ccc(Cl)cc1. The quantitative estimate of drug-likeness (QED) is 0.349. The molecule has 4 nitrogen and oxygen atoms in total. The fourth-order valence-electron chi connectivity index (χ4n) is 3.24. The molecule has 1 amide bonds. The molecular formula is C25H27ClN2O2S. The number of benzene rings is 2. The van der Waals surface area contributed by atoms with Crippen LogP contribution in [0.25, 0.3) is 11.3 Å². The number of aryl methyl sites for hydroxylation is 1. The fourth-order valence-corrected chi connectivity index (χ4v) is 4.47. The van der Waals surface area contributed by atoms with Gasteiger partial charge in [-0.1, -0.05) is 75.2 Å². The largest absolute Gasteiger partial charge is 0.302 e. The minimum atomic E-state index is -0.202. The molecule has 0 radical (unpaired) electrons.